The number of imide groups is 1. The molecule has 3 rings (SSSR count). The summed E-state index contributed by atoms with van der Waals surface area (Å²) in [6, 6.07) is 2.84. The Labute approximate surface area is 135 Å². The van der Waals surface area contributed by atoms with Crippen molar-refractivity contribution in [2.45, 2.75) is 18.9 Å². The number of hydrogen-bond acceptors (Lipinski definition) is 3. The number of piperidine rings is 1. The van der Waals surface area contributed by atoms with Gasteiger partial charge < -0.3 is 9.55 Å². The number of carbonyl (C=O) groups excluding carboxylic acids is 2. The number of likely N-dealkylation sites (tertiary alicyclic amines) is 1. The number of aromatic nitrogens is 2. The second-order valence-corrected chi connectivity index (χ2v) is 6.13. The van der Waals surface area contributed by atoms with E-state index in [1.165, 1.54) is 7.05 Å². The van der Waals surface area contributed by atoms with Gasteiger partial charge in [0.05, 0.1) is 21.1 Å². The van der Waals surface area contributed by atoms with Crippen molar-refractivity contribution in [2.75, 3.05) is 7.05 Å². The van der Waals surface area contributed by atoms with Crippen LogP contribution in [0.2, 0.25) is 10.0 Å². The van der Waals surface area contributed by atoms with E-state index >= 15 is 0 Å². The number of nitrogens with one attached hydrogen (secondary N) is 1. The van der Waals surface area contributed by atoms with Crippen LogP contribution in [-0.2, 0) is 9.59 Å². The molecule has 0 saturated carbocycles. The summed E-state index contributed by atoms with van der Waals surface area (Å²) in [6.45, 7) is 0. The number of halogens is 2. The van der Waals surface area contributed by atoms with Gasteiger partial charge in [0.15, 0.2) is 4.77 Å². The van der Waals surface area contributed by atoms with Crippen molar-refractivity contribution in [3.63, 3.8) is 0 Å². The third-order valence-electron chi connectivity index (χ3n) is 3.69. The molecule has 5 nitrogen and oxygen atoms in total. The lowest BCUT2D eigenvalue weighted by molar-refractivity contribution is -0.149. The molecule has 2 aromatic rings. The Morgan fingerprint density at radius 2 is 1.95 bits per heavy atom. The third kappa shape index (κ3) is 2.27. The van der Waals surface area contributed by atoms with E-state index in [0.717, 1.165) is 4.90 Å². The predicted molar refractivity (Wildman–Crippen MR) is 83.2 cm³/mol. The fourth-order valence-corrected chi connectivity index (χ4v) is 3.22. The number of fused-ring (bicyclic) bond motifs is 1. The van der Waals surface area contributed by atoms with Crippen LogP contribution in [0.5, 0.6) is 0 Å². The predicted octanol–water partition coefficient (Wildman–Crippen LogP) is 3.33. The molecule has 0 spiro atoms. The van der Waals surface area contributed by atoms with Crippen molar-refractivity contribution in [3.05, 3.63) is 26.9 Å². The summed E-state index contributed by atoms with van der Waals surface area (Å²) in [5.41, 5.74) is 1.41. The zero-order valence-corrected chi connectivity index (χ0v) is 13.3. The van der Waals surface area contributed by atoms with Crippen molar-refractivity contribution in [1.29, 1.82) is 0 Å². The number of carbonyl (C=O) groups is 2. The van der Waals surface area contributed by atoms with Crippen molar-refractivity contribution >= 4 is 58.3 Å². The van der Waals surface area contributed by atoms with Gasteiger partial charge in [0.2, 0.25) is 5.91 Å². The number of nitrogens with zero attached hydrogens (tertiary/aromatic N) is 2. The molecule has 2 heterocycles. The maximum Gasteiger partial charge on any atom is 0.252 e. The molecule has 1 saturated heterocycles. The van der Waals surface area contributed by atoms with Crippen LogP contribution in [0.3, 0.4) is 0 Å². The number of hydrogen-bond donors (Lipinski definition) is 1. The molecule has 0 radical (unpaired) electrons. The van der Waals surface area contributed by atoms with Gasteiger partial charge in [0, 0.05) is 13.5 Å². The Morgan fingerprint density at radius 3 is 2.67 bits per heavy atom. The van der Waals surface area contributed by atoms with Gasteiger partial charge in [-0.25, -0.2) is 0 Å². The molecule has 1 aliphatic rings. The van der Waals surface area contributed by atoms with Crippen LogP contribution in [0, 0.1) is 4.77 Å². The molecule has 1 N–H and O–H groups in total. The van der Waals surface area contributed by atoms with Gasteiger partial charge in [-0.05, 0) is 30.8 Å². The molecule has 1 aromatic carbocycles. The number of likely N-dealkylation sites (N-methyl/N-ethyl adjacent to an activating group) is 1. The van der Waals surface area contributed by atoms with E-state index in [-0.39, 0.29) is 11.8 Å². The Morgan fingerprint density at radius 1 is 1.29 bits per heavy atom. The Hall–Kier alpha value is -1.37. The maximum absolute atomic E-state index is 12.3. The molecule has 1 aromatic heterocycles. The first-order valence-corrected chi connectivity index (χ1v) is 7.46. The number of H-pyrrole nitrogens is 1. The molecular formula is C13H11Cl2N3O2S. The molecule has 0 aliphatic carbocycles. The van der Waals surface area contributed by atoms with Gasteiger partial charge in [-0.1, -0.05) is 23.2 Å². The first-order valence-electron chi connectivity index (χ1n) is 6.30. The molecule has 1 atom stereocenters. The van der Waals surface area contributed by atoms with Crippen LogP contribution >= 0.6 is 35.4 Å². The summed E-state index contributed by atoms with van der Waals surface area (Å²) in [4.78, 5) is 28.1. The summed E-state index contributed by atoms with van der Waals surface area (Å²) >= 11 is 17.4. The third-order valence-corrected chi connectivity index (χ3v) is 4.71. The van der Waals surface area contributed by atoms with Crippen LogP contribution in [0.25, 0.3) is 11.0 Å². The summed E-state index contributed by atoms with van der Waals surface area (Å²) in [7, 11) is 1.49. The summed E-state index contributed by atoms with van der Waals surface area (Å²) < 4.78 is 2.11. The number of benzene rings is 1. The Balaban J connectivity index is 2.19. The molecule has 1 unspecified atom stereocenters. The fraction of sp³-hybridized carbons (Fsp3) is 0.308. The quantitative estimate of drug-likeness (QED) is 0.638. The zero-order valence-electron chi connectivity index (χ0n) is 11.0. The van der Waals surface area contributed by atoms with E-state index in [1.807, 2.05) is 0 Å². The lowest BCUT2D eigenvalue weighted by Gasteiger charge is -2.28. The van der Waals surface area contributed by atoms with E-state index < -0.39 is 6.04 Å². The minimum atomic E-state index is -0.508. The standard InChI is InChI=1S/C13H11Cl2N3O2S/c1-17-11(19)3-2-9(12(17)20)18-10-5-7(15)6(14)4-8(10)16-13(18)21/h4-5,9H,2-3H2,1H3,(H,16,21). The highest BCUT2D eigenvalue weighted by Gasteiger charge is 2.34. The number of imidazole rings is 1. The van der Waals surface area contributed by atoms with Crippen LogP contribution in [-0.4, -0.2) is 33.3 Å². The molecule has 2 amide bonds. The van der Waals surface area contributed by atoms with Crippen LogP contribution in [0.15, 0.2) is 12.1 Å². The monoisotopic (exact) mass is 343 g/mol. The van der Waals surface area contributed by atoms with Crippen molar-refractivity contribution in [3.8, 4) is 0 Å². The van der Waals surface area contributed by atoms with E-state index in [2.05, 4.69) is 4.98 Å². The minimum absolute atomic E-state index is 0.177. The van der Waals surface area contributed by atoms with E-state index in [0.29, 0.717) is 38.7 Å². The van der Waals surface area contributed by atoms with Crippen molar-refractivity contribution in [1.82, 2.24) is 14.5 Å². The fourth-order valence-electron chi connectivity index (χ4n) is 2.57. The maximum atomic E-state index is 12.3. The van der Waals surface area contributed by atoms with Gasteiger partial charge >= 0.3 is 0 Å². The first-order chi connectivity index (χ1) is 9.90. The lowest BCUT2D eigenvalue weighted by Crippen LogP contribution is -2.43. The van der Waals surface area contributed by atoms with Gasteiger partial charge in [-0.3, -0.25) is 14.5 Å². The van der Waals surface area contributed by atoms with E-state index in [1.54, 1.807) is 16.7 Å². The van der Waals surface area contributed by atoms with Crippen LogP contribution < -0.4 is 0 Å². The number of amides is 2. The molecule has 0 bridgehead atoms. The highest BCUT2D eigenvalue weighted by molar-refractivity contribution is 7.71. The van der Waals surface area contributed by atoms with Crippen molar-refractivity contribution < 1.29 is 9.59 Å². The number of rotatable bonds is 1. The van der Waals surface area contributed by atoms with Gasteiger partial charge in [-0.15, -0.1) is 0 Å². The summed E-state index contributed by atoms with van der Waals surface area (Å²) in [5, 5.41) is 0.800. The second-order valence-electron chi connectivity index (χ2n) is 4.93. The largest absolute Gasteiger partial charge is 0.331 e. The topological polar surface area (TPSA) is 58.1 Å². The lowest BCUT2D eigenvalue weighted by atomic mass is 10.0. The van der Waals surface area contributed by atoms with Gasteiger partial charge in [0.25, 0.3) is 5.91 Å². The highest BCUT2D eigenvalue weighted by atomic mass is 35.5. The molecule has 8 heteroatoms. The molecule has 1 aliphatic heterocycles. The summed E-state index contributed by atoms with van der Waals surface area (Å²) in [5.74, 6) is -0.446. The minimum Gasteiger partial charge on any atom is -0.331 e. The molecule has 21 heavy (non-hydrogen) atoms. The average molecular weight is 344 g/mol. The zero-order chi connectivity index (χ0) is 15.3. The van der Waals surface area contributed by atoms with Gasteiger partial charge in [-0.2, -0.15) is 0 Å². The van der Waals surface area contributed by atoms with Crippen LogP contribution in [0.4, 0.5) is 0 Å². The van der Waals surface area contributed by atoms with Crippen LogP contribution in [0.1, 0.15) is 18.9 Å². The Bertz CT molecular complexity index is 827. The van der Waals surface area contributed by atoms with E-state index in [4.69, 9.17) is 35.4 Å². The number of aromatic amines is 1. The first kappa shape index (κ1) is 14.6. The summed E-state index contributed by atoms with van der Waals surface area (Å²) in [6.07, 6.45) is 0.728. The normalized spacial score (nSPS) is 19.6. The van der Waals surface area contributed by atoms with Gasteiger partial charge in [0.1, 0.15) is 6.04 Å². The van der Waals surface area contributed by atoms with E-state index in [9.17, 15) is 9.59 Å². The SMILES string of the molecule is CN1C(=O)CCC(n2c(=S)[nH]c3cc(Cl)c(Cl)cc32)C1=O. The Kier molecular flexibility index (Phi) is 3.55. The molecule has 110 valence electrons. The average Bonchev–Trinajstić information content (AvgIpc) is 2.73. The van der Waals surface area contributed by atoms with Crippen molar-refractivity contribution in [2.24, 2.45) is 0 Å². The second kappa shape index (κ2) is 5.12. The highest BCUT2D eigenvalue weighted by Crippen LogP contribution is 2.32. The molecule has 1 fully saturated rings. The molecular weight excluding hydrogens is 333 g/mol. The smallest absolute Gasteiger partial charge is 0.252 e.